The second-order valence-corrected chi connectivity index (χ2v) is 4.21. The predicted molar refractivity (Wildman–Crippen MR) is 65.4 cm³/mol. The summed E-state index contributed by atoms with van der Waals surface area (Å²) in [7, 11) is 0. The van der Waals surface area contributed by atoms with E-state index in [-0.39, 0.29) is 11.4 Å². The first-order chi connectivity index (χ1) is 9.30. The van der Waals surface area contributed by atoms with Crippen molar-refractivity contribution in [1.29, 1.82) is 0 Å². The van der Waals surface area contributed by atoms with Crippen LogP contribution in [0.5, 0.6) is 0 Å². The summed E-state index contributed by atoms with van der Waals surface area (Å²) >= 11 is 0. The van der Waals surface area contributed by atoms with Crippen molar-refractivity contribution in [1.82, 2.24) is 5.16 Å². The molecule has 2 aromatic rings. The van der Waals surface area contributed by atoms with Gasteiger partial charge in [0, 0.05) is 5.56 Å². The highest BCUT2D eigenvalue weighted by Crippen LogP contribution is 2.34. The minimum atomic E-state index is -4.54. The molecule has 1 heterocycles. The van der Waals surface area contributed by atoms with Crippen LogP contribution in [0.3, 0.4) is 0 Å². The van der Waals surface area contributed by atoms with Crippen LogP contribution >= 0.6 is 0 Å². The maximum Gasteiger partial charge on any atom is 0.418 e. The third-order valence-electron chi connectivity index (χ3n) is 2.85. The fourth-order valence-corrected chi connectivity index (χ4v) is 1.65. The van der Waals surface area contributed by atoms with E-state index in [9.17, 15) is 18.0 Å². The highest BCUT2D eigenvalue weighted by molar-refractivity contribution is 6.04. The van der Waals surface area contributed by atoms with Crippen molar-refractivity contribution in [3.8, 4) is 0 Å². The molecule has 0 atom stereocenters. The summed E-state index contributed by atoms with van der Waals surface area (Å²) in [6.07, 6.45) is -4.54. The topological polar surface area (TPSA) is 55.1 Å². The Hall–Kier alpha value is -2.31. The number of carbonyl (C=O) groups excluding carboxylic acids is 1. The number of halogens is 3. The van der Waals surface area contributed by atoms with Gasteiger partial charge < -0.3 is 9.84 Å². The summed E-state index contributed by atoms with van der Waals surface area (Å²) in [5.41, 5.74) is -0.761. The molecule has 0 radical (unpaired) electrons. The molecular weight excluding hydrogens is 273 g/mol. The number of rotatable bonds is 2. The second kappa shape index (κ2) is 4.99. The lowest BCUT2D eigenvalue weighted by molar-refractivity contribution is -0.136. The van der Waals surface area contributed by atoms with Gasteiger partial charge in [-0.2, -0.15) is 13.2 Å². The van der Waals surface area contributed by atoms with Crippen LogP contribution in [0.15, 0.2) is 28.8 Å². The van der Waals surface area contributed by atoms with Gasteiger partial charge in [-0.3, -0.25) is 4.79 Å². The van der Waals surface area contributed by atoms with Gasteiger partial charge in [0.15, 0.2) is 5.69 Å². The number of nitrogens with one attached hydrogen (secondary N) is 1. The molecule has 0 saturated carbocycles. The fraction of sp³-hybridized carbons (Fsp3) is 0.231. The molecule has 0 unspecified atom stereocenters. The molecule has 0 fully saturated rings. The van der Waals surface area contributed by atoms with Crippen molar-refractivity contribution in [2.75, 3.05) is 5.32 Å². The van der Waals surface area contributed by atoms with Gasteiger partial charge in [-0.1, -0.05) is 17.3 Å². The quantitative estimate of drug-likeness (QED) is 0.917. The number of aryl methyl sites for hydroxylation is 1. The van der Waals surface area contributed by atoms with Crippen LogP contribution in [0.2, 0.25) is 0 Å². The average molecular weight is 284 g/mol. The fourth-order valence-electron chi connectivity index (χ4n) is 1.65. The van der Waals surface area contributed by atoms with E-state index in [1.807, 2.05) is 0 Å². The average Bonchev–Trinajstić information content (AvgIpc) is 2.69. The van der Waals surface area contributed by atoms with Crippen LogP contribution in [-0.2, 0) is 6.18 Å². The molecule has 0 aliphatic rings. The molecule has 0 aliphatic heterocycles. The van der Waals surface area contributed by atoms with E-state index in [0.29, 0.717) is 11.3 Å². The van der Waals surface area contributed by atoms with Crippen molar-refractivity contribution in [3.05, 3.63) is 46.8 Å². The first-order valence-electron chi connectivity index (χ1n) is 5.71. The van der Waals surface area contributed by atoms with Crippen LogP contribution in [0, 0.1) is 13.8 Å². The van der Waals surface area contributed by atoms with Gasteiger partial charge in [-0.25, -0.2) is 0 Å². The minimum Gasteiger partial charge on any atom is -0.361 e. The summed E-state index contributed by atoms with van der Waals surface area (Å²) in [4.78, 5) is 11.9. The van der Waals surface area contributed by atoms with Gasteiger partial charge in [0.1, 0.15) is 5.76 Å². The van der Waals surface area contributed by atoms with Crippen molar-refractivity contribution in [3.63, 3.8) is 0 Å². The zero-order valence-corrected chi connectivity index (χ0v) is 10.7. The maximum absolute atomic E-state index is 12.8. The number of para-hydroxylation sites is 1. The van der Waals surface area contributed by atoms with Crippen LogP contribution in [0.4, 0.5) is 18.9 Å². The number of alkyl halides is 3. The number of carbonyl (C=O) groups is 1. The maximum atomic E-state index is 12.8. The number of benzene rings is 1. The van der Waals surface area contributed by atoms with E-state index in [4.69, 9.17) is 4.52 Å². The number of hydrogen-bond donors (Lipinski definition) is 1. The van der Waals surface area contributed by atoms with Crippen molar-refractivity contribution >= 4 is 11.6 Å². The summed E-state index contributed by atoms with van der Waals surface area (Å²) in [5.74, 6) is -0.296. The third kappa shape index (κ3) is 2.66. The third-order valence-corrected chi connectivity index (χ3v) is 2.85. The van der Waals surface area contributed by atoms with E-state index in [0.717, 1.165) is 6.07 Å². The largest absolute Gasteiger partial charge is 0.418 e. The van der Waals surface area contributed by atoms with Crippen LogP contribution in [0.1, 0.15) is 27.4 Å². The summed E-state index contributed by atoms with van der Waals surface area (Å²) in [5, 5.41) is 5.74. The van der Waals surface area contributed by atoms with E-state index in [1.165, 1.54) is 18.2 Å². The van der Waals surface area contributed by atoms with Crippen LogP contribution < -0.4 is 5.32 Å². The van der Waals surface area contributed by atoms with E-state index in [1.54, 1.807) is 13.8 Å². The van der Waals surface area contributed by atoms with Crippen LogP contribution in [-0.4, -0.2) is 11.1 Å². The predicted octanol–water partition coefficient (Wildman–Crippen LogP) is 3.56. The van der Waals surface area contributed by atoms with Crippen molar-refractivity contribution < 1.29 is 22.5 Å². The monoisotopic (exact) mass is 284 g/mol. The van der Waals surface area contributed by atoms with Gasteiger partial charge in [0.2, 0.25) is 0 Å². The Morgan fingerprint density at radius 2 is 1.90 bits per heavy atom. The SMILES string of the molecule is Cc1onc(C(=O)Nc2ccccc2C(F)(F)F)c1C. The molecule has 1 amide bonds. The molecule has 0 bridgehead atoms. The standard InChI is InChI=1S/C13H11F3N2O2/c1-7-8(2)20-18-11(7)12(19)17-10-6-4-3-5-9(10)13(14,15)16/h3-6H,1-2H3,(H,17,19). The number of nitrogens with zero attached hydrogens (tertiary/aromatic N) is 1. The summed E-state index contributed by atoms with van der Waals surface area (Å²) < 4.78 is 43.2. The molecule has 2 rings (SSSR count). The Morgan fingerprint density at radius 1 is 1.25 bits per heavy atom. The molecule has 0 aliphatic carbocycles. The first kappa shape index (κ1) is 14.1. The highest BCUT2D eigenvalue weighted by atomic mass is 19.4. The van der Waals surface area contributed by atoms with Crippen LogP contribution in [0.25, 0.3) is 0 Å². The van der Waals surface area contributed by atoms with Gasteiger partial charge in [-0.15, -0.1) is 0 Å². The number of hydrogen-bond acceptors (Lipinski definition) is 3. The second-order valence-electron chi connectivity index (χ2n) is 4.21. The minimum absolute atomic E-state index is 0.0283. The lowest BCUT2D eigenvalue weighted by atomic mass is 10.1. The number of anilines is 1. The van der Waals surface area contributed by atoms with E-state index in [2.05, 4.69) is 10.5 Å². The smallest absolute Gasteiger partial charge is 0.361 e. The van der Waals surface area contributed by atoms with Gasteiger partial charge in [0.25, 0.3) is 5.91 Å². The Bertz CT molecular complexity index is 647. The Labute approximate surface area is 112 Å². The first-order valence-corrected chi connectivity index (χ1v) is 5.71. The lowest BCUT2D eigenvalue weighted by Crippen LogP contribution is -2.17. The normalized spacial score (nSPS) is 11.4. The molecule has 7 heteroatoms. The summed E-state index contributed by atoms with van der Waals surface area (Å²) in [6.45, 7) is 3.22. The molecular formula is C13H11F3N2O2. The van der Waals surface area contributed by atoms with E-state index < -0.39 is 17.6 Å². The molecule has 20 heavy (non-hydrogen) atoms. The van der Waals surface area contributed by atoms with Crippen molar-refractivity contribution in [2.45, 2.75) is 20.0 Å². The Morgan fingerprint density at radius 3 is 2.45 bits per heavy atom. The van der Waals surface area contributed by atoms with E-state index >= 15 is 0 Å². The molecule has 1 aromatic carbocycles. The summed E-state index contributed by atoms with van der Waals surface area (Å²) in [6, 6.07) is 4.75. The van der Waals surface area contributed by atoms with Gasteiger partial charge in [0.05, 0.1) is 11.3 Å². The molecule has 106 valence electrons. The molecule has 0 spiro atoms. The number of aromatic nitrogens is 1. The van der Waals surface area contributed by atoms with Gasteiger partial charge in [-0.05, 0) is 26.0 Å². The lowest BCUT2D eigenvalue weighted by Gasteiger charge is -2.12. The van der Waals surface area contributed by atoms with Crippen molar-refractivity contribution in [2.24, 2.45) is 0 Å². The molecule has 1 N–H and O–H groups in total. The Balaban J connectivity index is 2.32. The number of amides is 1. The van der Waals surface area contributed by atoms with Gasteiger partial charge >= 0.3 is 6.18 Å². The Kier molecular flexibility index (Phi) is 3.52. The molecule has 1 aromatic heterocycles. The highest BCUT2D eigenvalue weighted by Gasteiger charge is 2.33. The zero-order chi connectivity index (χ0) is 14.9. The molecule has 4 nitrogen and oxygen atoms in total. The molecule has 0 saturated heterocycles. The zero-order valence-electron chi connectivity index (χ0n) is 10.7.